The van der Waals surface area contributed by atoms with Gasteiger partial charge < -0.3 is 14.8 Å². The fourth-order valence-corrected chi connectivity index (χ4v) is 2.44. The van der Waals surface area contributed by atoms with Crippen LogP contribution in [0, 0.1) is 0 Å². The van der Waals surface area contributed by atoms with Crippen LogP contribution in [0.4, 0.5) is 0 Å². The standard InChI is InChI=1S/C16H25NO2/c1-16(2,6-7-17-8-9-18-3)15-5-4-13-11-19-12-14(13)10-15/h4-5,10,17H,6-9,11-12H2,1-3H3. The van der Waals surface area contributed by atoms with Crippen LogP contribution < -0.4 is 5.32 Å². The molecule has 0 aliphatic carbocycles. The van der Waals surface area contributed by atoms with Crippen molar-refractivity contribution in [2.45, 2.75) is 38.9 Å². The van der Waals surface area contributed by atoms with Gasteiger partial charge in [-0.2, -0.15) is 0 Å². The van der Waals surface area contributed by atoms with E-state index in [1.165, 1.54) is 16.7 Å². The Morgan fingerprint density at radius 3 is 2.79 bits per heavy atom. The zero-order chi connectivity index (χ0) is 13.7. The highest BCUT2D eigenvalue weighted by Gasteiger charge is 2.22. The second-order valence-electron chi connectivity index (χ2n) is 5.85. The molecule has 3 nitrogen and oxygen atoms in total. The third kappa shape index (κ3) is 3.78. The SMILES string of the molecule is COCCNCCC(C)(C)c1ccc2c(c1)COC2. The lowest BCUT2D eigenvalue weighted by molar-refractivity contribution is 0.134. The van der Waals surface area contributed by atoms with Gasteiger partial charge in [-0.15, -0.1) is 0 Å². The smallest absolute Gasteiger partial charge is 0.0725 e. The van der Waals surface area contributed by atoms with Crippen molar-refractivity contribution in [2.24, 2.45) is 0 Å². The van der Waals surface area contributed by atoms with Gasteiger partial charge in [-0.05, 0) is 35.1 Å². The van der Waals surface area contributed by atoms with Crippen LogP contribution in [0.3, 0.4) is 0 Å². The van der Waals surface area contributed by atoms with Crippen molar-refractivity contribution < 1.29 is 9.47 Å². The molecule has 1 N–H and O–H groups in total. The summed E-state index contributed by atoms with van der Waals surface area (Å²) in [5.74, 6) is 0. The van der Waals surface area contributed by atoms with Crippen molar-refractivity contribution in [1.82, 2.24) is 5.32 Å². The van der Waals surface area contributed by atoms with Gasteiger partial charge in [0.2, 0.25) is 0 Å². The topological polar surface area (TPSA) is 30.5 Å². The number of ether oxygens (including phenoxy) is 2. The van der Waals surface area contributed by atoms with Crippen molar-refractivity contribution in [3.05, 3.63) is 34.9 Å². The molecule has 0 bridgehead atoms. The highest BCUT2D eigenvalue weighted by Crippen LogP contribution is 2.30. The Morgan fingerprint density at radius 1 is 1.21 bits per heavy atom. The molecule has 0 saturated heterocycles. The molecule has 1 aromatic carbocycles. The summed E-state index contributed by atoms with van der Waals surface area (Å²) >= 11 is 0. The lowest BCUT2D eigenvalue weighted by Gasteiger charge is -2.26. The van der Waals surface area contributed by atoms with Gasteiger partial charge in [-0.25, -0.2) is 0 Å². The quantitative estimate of drug-likeness (QED) is 0.767. The second kappa shape index (κ2) is 6.51. The average molecular weight is 263 g/mol. The maximum absolute atomic E-state index is 5.48. The van der Waals surface area contributed by atoms with Gasteiger partial charge in [-0.3, -0.25) is 0 Å². The van der Waals surface area contributed by atoms with E-state index in [9.17, 15) is 0 Å². The normalized spacial score (nSPS) is 14.7. The van der Waals surface area contributed by atoms with E-state index in [-0.39, 0.29) is 5.41 Å². The number of hydrogen-bond acceptors (Lipinski definition) is 3. The Morgan fingerprint density at radius 2 is 2.00 bits per heavy atom. The van der Waals surface area contributed by atoms with Crippen LogP contribution in [0.5, 0.6) is 0 Å². The lowest BCUT2D eigenvalue weighted by atomic mass is 9.80. The molecule has 0 radical (unpaired) electrons. The van der Waals surface area contributed by atoms with Crippen molar-refractivity contribution >= 4 is 0 Å². The molecule has 0 unspecified atom stereocenters. The molecular weight excluding hydrogens is 238 g/mol. The number of fused-ring (bicyclic) bond motifs is 1. The average Bonchev–Trinajstić information content (AvgIpc) is 2.85. The Bertz CT molecular complexity index is 415. The van der Waals surface area contributed by atoms with Crippen LogP contribution in [-0.2, 0) is 28.1 Å². The van der Waals surface area contributed by atoms with Gasteiger partial charge in [0.1, 0.15) is 0 Å². The summed E-state index contributed by atoms with van der Waals surface area (Å²) < 4.78 is 10.5. The predicted molar refractivity (Wildman–Crippen MR) is 77.3 cm³/mol. The summed E-state index contributed by atoms with van der Waals surface area (Å²) in [6.07, 6.45) is 1.12. The minimum atomic E-state index is 0.192. The van der Waals surface area contributed by atoms with Gasteiger partial charge in [-0.1, -0.05) is 32.0 Å². The molecule has 0 amide bonds. The highest BCUT2D eigenvalue weighted by molar-refractivity contribution is 5.36. The summed E-state index contributed by atoms with van der Waals surface area (Å²) in [4.78, 5) is 0. The van der Waals surface area contributed by atoms with Crippen LogP contribution >= 0.6 is 0 Å². The summed E-state index contributed by atoms with van der Waals surface area (Å²) in [7, 11) is 1.73. The number of methoxy groups -OCH3 is 1. The Hall–Kier alpha value is -0.900. The van der Waals surface area contributed by atoms with Gasteiger partial charge in [0.25, 0.3) is 0 Å². The zero-order valence-electron chi connectivity index (χ0n) is 12.3. The minimum absolute atomic E-state index is 0.192. The van der Waals surface area contributed by atoms with E-state index in [0.29, 0.717) is 0 Å². The van der Waals surface area contributed by atoms with Crippen LogP contribution in [0.2, 0.25) is 0 Å². The van der Waals surface area contributed by atoms with Crippen LogP contribution in [0.15, 0.2) is 18.2 Å². The van der Waals surface area contributed by atoms with Crippen LogP contribution in [0.25, 0.3) is 0 Å². The van der Waals surface area contributed by atoms with Crippen molar-refractivity contribution in [3.8, 4) is 0 Å². The first-order valence-corrected chi connectivity index (χ1v) is 7.03. The van der Waals surface area contributed by atoms with E-state index in [2.05, 4.69) is 37.4 Å². The molecule has 1 aliphatic heterocycles. The predicted octanol–water partition coefficient (Wildman–Crippen LogP) is 2.62. The molecule has 106 valence electrons. The Kier molecular flexibility index (Phi) is 4.97. The minimum Gasteiger partial charge on any atom is -0.383 e. The van der Waals surface area contributed by atoms with Gasteiger partial charge >= 0.3 is 0 Å². The van der Waals surface area contributed by atoms with Crippen molar-refractivity contribution in [3.63, 3.8) is 0 Å². The van der Waals surface area contributed by atoms with Gasteiger partial charge in [0, 0.05) is 13.7 Å². The molecule has 19 heavy (non-hydrogen) atoms. The fraction of sp³-hybridized carbons (Fsp3) is 0.625. The Balaban J connectivity index is 1.91. The molecule has 1 aromatic rings. The second-order valence-corrected chi connectivity index (χ2v) is 5.85. The third-order valence-corrected chi connectivity index (χ3v) is 3.91. The number of benzene rings is 1. The molecule has 0 fully saturated rings. The van der Waals surface area contributed by atoms with Gasteiger partial charge in [0.05, 0.1) is 19.8 Å². The lowest BCUT2D eigenvalue weighted by Crippen LogP contribution is -2.27. The Labute approximate surface area is 116 Å². The van der Waals surface area contributed by atoms with E-state index in [1.807, 2.05) is 0 Å². The van der Waals surface area contributed by atoms with Crippen molar-refractivity contribution in [1.29, 1.82) is 0 Å². The molecular formula is C16H25NO2. The van der Waals surface area contributed by atoms with Crippen LogP contribution in [0.1, 0.15) is 37.0 Å². The number of nitrogens with one attached hydrogen (secondary N) is 1. The first-order chi connectivity index (χ1) is 9.13. The van der Waals surface area contributed by atoms with E-state index in [0.717, 1.165) is 39.3 Å². The third-order valence-electron chi connectivity index (χ3n) is 3.91. The summed E-state index contributed by atoms with van der Waals surface area (Å²) in [6.45, 7) is 8.87. The maximum Gasteiger partial charge on any atom is 0.0725 e. The first-order valence-electron chi connectivity index (χ1n) is 7.03. The van der Waals surface area contributed by atoms with Gasteiger partial charge in [0.15, 0.2) is 0 Å². The molecule has 1 heterocycles. The largest absolute Gasteiger partial charge is 0.383 e. The highest BCUT2D eigenvalue weighted by atomic mass is 16.5. The fourth-order valence-electron chi connectivity index (χ4n) is 2.44. The van der Waals surface area contributed by atoms with E-state index in [1.54, 1.807) is 7.11 Å². The monoisotopic (exact) mass is 263 g/mol. The van der Waals surface area contributed by atoms with Crippen LogP contribution in [-0.4, -0.2) is 26.8 Å². The summed E-state index contributed by atoms with van der Waals surface area (Å²) in [5, 5.41) is 3.41. The molecule has 1 aliphatic rings. The van der Waals surface area contributed by atoms with E-state index < -0.39 is 0 Å². The maximum atomic E-state index is 5.48. The zero-order valence-corrected chi connectivity index (χ0v) is 12.3. The molecule has 0 atom stereocenters. The van der Waals surface area contributed by atoms with E-state index in [4.69, 9.17) is 9.47 Å². The first kappa shape index (κ1) is 14.5. The number of rotatable bonds is 7. The van der Waals surface area contributed by atoms with E-state index >= 15 is 0 Å². The molecule has 0 aromatic heterocycles. The molecule has 0 saturated carbocycles. The molecule has 0 spiro atoms. The van der Waals surface area contributed by atoms with Crippen molar-refractivity contribution in [2.75, 3.05) is 26.8 Å². The summed E-state index contributed by atoms with van der Waals surface area (Å²) in [6, 6.07) is 6.79. The molecule has 3 heteroatoms. The summed E-state index contributed by atoms with van der Waals surface area (Å²) in [5.41, 5.74) is 4.30. The molecule has 2 rings (SSSR count). The number of hydrogen-bond donors (Lipinski definition) is 1.